The number of nitrogens with one attached hydrogen (secondary N) is 2. The fourth-order valence-corrected chi connectivity index (χ4v) is 2.18. The molecule has 7 heteroatoms. The van der Waals surface area contributed by atoms with Crippen molar-refractivity contribution in [1.29, 1.82) is 0 Å². The van der Waals surface area contributed by atoms with E-state index in [1.165, 1.54) is 0 Å². The molecule has 94 valence electrons. The molecule has 0 aliphatic carbocycles. The van der Waals surface area contributed by atoms with E-state index in [1.54, 1.807) is 25.1 Å². The monoisotopic (exact) mass is 266 g/mol. The molecule has 2 aromatic rings. The molecule has 0 fully saturated rings. The summed E-state index contributed by atoms with van der Waals surface area (Å²) >= 11 is 1.03. The number of anilines is 1. The van der Waals surface area contributed by atoms with Crippen molar-refractivity contribution in [1.82, 2.24) is 4.98 Å². The second kappa shape index (κ2) is 5.01. The van der Waals surface area contributed by atoms with Gasteiger partial charge in [-0.15, -0.1) is 0 Å². The first kappa shape index (κ1) is 12.3. The standard InChI is InChI=1S/C11H10N2O4S/c1-2-17-10(15)9(14)12-6-3-4-7-8(5-6)18-11(16)13-7/h3-5H,2H2,1H3,(H,12,14)(H,13,16). The number of carbonyl (C=O) groups is 2. The second-order valence-electron chi connectivity index (χ2n) is 3.40. The first-order valence-electron chi connectivity index (χ1n) is 5.21. The molecule has 2 rings (SSSR count). The predicted molar refractivity (Wildman–Crippen MR) is 67.7 cm³/mol. The lowest BCUT2D eigenvalue weighted by Gasteiger charge is -2.04. The van der Waals surface area contributed by atoms with Crippen molar-refractivity contribution in [3.05, 3.63) is 27.9 Å². The van der Waals surface area contributed by atoms with Crippen LogP contribution in [0.4, 0.5) is 5.69 Å². The zero-order valence-electron chi connectivity index (χ0n) is 9.48. The summed E-state index contributed by atoms with van der Waals surface area (Å²) in [4.78, 5) is 36.1. The number of hydrogen-bond acceptors (Lipinski definition) is 5. The van der Waals surface area contributed by atoms with Crippen LogP contribution in [0.3, 0.4) is 0 Å². The number of aromatic nitrogens is 1. The van der Waals surface area contributed by atoms with E-state index in [-0.39, 0.29) is 11.5 Å². The molecular weight excluding hydrogens is 256 g/mol. The van der Waals surface area contributed by atoms with E-state index < -0.39 is 11.9 Å². The summed E-state index contributed by atoms with van der Waals surface area (Å²) in [6.07, 6.45) is 0. The van der Waals surface area contributed by atoms with Crippen LogP contribution in [0.15, 0.2) is 23.0 Å². The van der Waals surface area contributed by atoms with Crippen molar-refractivity contribution in [2.75, 3.05) is 11.9 Å². The van der Waals surface area contributed by atoms with Gasteiger partial charge in [-0.25, -0.2) is 4.79 Å². The van der Waals surface area contributed by atoms with Crippen LogP contribution >= 0.6 is 11.3 Å². The fraction of sp³-hybridized carbons (Fsp3) is 0.182. The molecule has 0 spiro atoms. The molecule has 0 saturated heterocycles. The zero-order chi connectivity index (χ0) is 13.1. The van der Waals surface area contributed by atoms with Crippen LogP contribution in [-0.4, -0.2) is 23.5 Å². The number of fused-ring (bicyclic) bond motifs is 1. The van der Waals surface area contributed by atoms with E-state index in [0.29, 0.717) is 15.9 Å². The molecule has 1 aromatic heterocycles. The summed E-state index contributed by atoms with van der Waals surface area (Å²) in [6.45, 7) is 1.76. The third-order valence-electron chi connectivity index (χ3n) is 2.14. The Hall–Kier alpha value is -2.15. The van der Waals surface area contributed by atoms with Gasteiger partial charge in [-0.05, 0) is 25.1 Å². The van der Waals surface area contributed by atoms with Crippen LogP contribution < -0.4 is 10.2 Å². The second-order valence-corrected chi connectivity index (χ2v) is 4.41. The molecule has 0 aliphatic heterocycles. The number of aromatic amines is 1. The average Bonchev–Trinajstić information content (AvgIpc) is 2.68. The number of amides is 1. The van der Waals surface area contributed by atoms with Crippen LogP contribution in [0.1, 0.15) is 6.92 Å². The number of rotatable bonds is 2. The largest absolute Gasteiger partial charge is 0.459 e. The number of benzene rings is 1. The molecule has 0 atom stereocenters. The molecule has 0 radical (unpaired) electrons. The first-order chi connectivity index (χ1) is 8.60. The maximum Gasteiger partial charge on any atom is 0.397 e. The van der Waals surface area contributed by atoms with E-state index in [2.05, 4.69) is 15.0 Å². The van der Waals surface area contributed by atoms with Crippen LogP contribution in [0.25, 0.3) is 10.2 Å². The Balaban J connectivity index is 2.19. The van der Waals surface area contributed by atoms with Crippen LogP contribution in [0.5, 0.6) is 0 Å². The maximum absolute atomic E-state index is 11.4. The highest BCUT2D eigenvalue weighted by atomic mass is 32.1. The molecule has 18 heavy (non-hydrogen) atoms. The van der Waals surface area contributed by atoms with E-state index in [9.17, 15) is 14.4 Å². The van der Waals surface area contributed by atoms with Gasteiger partial charge in [0, 0.05) is 5.69 Å². The molecule has 0 saturated carbocycles. The van der Waals surface area contributed by atoms with Gasteiger partial charge in [0.25, 0.3) is 0 Å². The fourth-order valence-electron chi connectivity index (χ4n) is 1.40. The molecular formula is C11H10N2O4S. The van der Waals surface area contributed by atoms with E-state index in [0.717, 1.165) is 11.3 Å². The quantitative estimate of drug-likeness (QED) is 0.629. The number of hydrogen-bond donors (Lipinski definition) is 2. The van der Waals surface area contributed by atoms with Crippen molar-refractivity contribution >= 4 is 39.1 Å². The third-order valence-corrected chi connectivity index (χ3v) is 2.98. The van der Waals surface area contributed by atoms with Gasteiger partial charge in [-0.2, -0.15) is 0 Å². The predicted octanol–water partition coefficient (Wildman–Crippen LogP) is 1.09. The van der Waals surface area contributed by atoms with E-state index in [1.807, 2.05) is 0 Å². The summed E-state index contributed by atoms with van der Waals surface area (Å²) in [7, 11) is 0. The Labute approximate surface area is 106 Å². The molecule has 0 unspecified atom stereocenters. The third kappa shape index (κ3) is 2.57. The first-order valence-corrected chi connectivity index (χ1v) is 6.03. The van der Waals surface area contributed by atoms with Gasteiger partial charge in [0.1, 0.15) is 0 Å². The highest BCUT2D eigenvalue weighted by Crippen LogP contribution is 2.19. The number of ether oxygens (including phenoxy) is 1. The number of H-pyrrole nitrogens is 1. The molecule has 2 N–H and O–H groups in total. The lowest BCUT2D eigenvalue weighted by Crippen LogP contribution is -2.24. The number of carbonyl (C=O) groups excluding carboxylic acids is 2. The molecule has 0 aliphatic rings. The number of esters is 1. The molecule has 1 amide bonds. The summed E-state index contributed by atoms with van der Waals surface area (Å²) in [5.41, 5.74) is 1.13. The summed E-state index contributed by atoms with van der Waals surface area (Å²) in [5, 5.41) is 2.41. The minimum atomic E-state index is -0.931. The molecule has 6 nitrogen and oxygen atoms in total. The number of thiazole rings is 1. The van der Waals surface area contributed by atoms with Crippen molar-refractivity contribution in [3.8, 4) is 0 Å². The Morgan fingerprint density at radius 2 is 2.22 bits per heavy atom. The molecule has 1 aromatic carbocycles. The summed E-state index contributed by atoms with van der Waals surface area (Å²) < 4.78 is 5.27. The Morgan fingerprint density at radius 3 is 2.94 bits per heavy atom. The average molecular weight is 266 g/mol. The molecule has 1 heterocycles. The minimum Gasteiger partial charge on any atom is -0.459 e. The van der Waals surface area contributed by atoms with Gasteiger partial charge in [0.15, 0.2) is 0 Å². The van der Waals surface area contributed by atoms with Gasteiger partial charge in [0.2, 0.25) is 0 Å². The summed E-state index contributed by atoms with van der Waals surface area (Å²) in [5.74, 6) is -1.76. The zero-order valence-corrected chi connectivity index (χ0v) is 10.3. The maximum atomic E-state index is 11.4. The minimum absolute atomic E-state index is 0.144. The SMILES string of the molecule is CCOC(=O)C(=O)Nc1ccc2[nH]c(=O)sc2c1. The van der Waals surface area contributed by atoms with Crippen LogP contribution in [-0.2, 0) is 14.3 Å². The highest BCUT2D eigenvalue weighted by Gasteiger charge is 2.14. The van der Waals surface area contributed by atoms with Gasteiger partial charge in [-0.1, -0.05) is 11.3 Å². The van der Waals surface area contributed by atoms with Gasteiger partial charge >= 0.3 is 16.7 Å². The topological polar surface area (TPSA) is 88.3 Å². The Morgan fingerprint density at radius 1 is 1.44 bits per heavy atom. The van der Waals surface area contributed by atoms with Crippen LogP contribution in [0, 0.1) is 0 Å². The van der Waals surface area contributed by atoms with Crippen molar-refractivity contribution in [3.63, 3.8) is 0 Å². The lowest BCUT2D eigenvalue weighted by molar-refractivity contribution is -0.152. The normalized spacial score (nSPS) is 10.3. The van der Waals surface area contributed by atoms with E-state index in [4.69, 9.17) is 0 Å². The van der Waals surface area contributed by atoms with Crippen molar-refractivity contribution < 1.29 is 14.3 Å². The highest BCUT2D eigenvalue weighted by molar-refractivity contribution is 7.16. The van der Waals surface area contributed by atoms with Gasteiger partial charge in [0.05, 0.1) is 16.8 Å². The molecule has 0 bridgehead atoms. The Kier molecular flexibility index (Phi) is 3.42. The van der Waals surface area contributed by atoms with Gasteiger partial charge < -0.3 is 15.0 Å². The smallest absolute Gasteiger partial charge is 0.397 e. The van der Waals surface area contributed by atoms with Crippen LogP contribution in [0.2, 0.25) is 0 Å². The Bertz CT molecular complexity index is 658. The van der Waals surface area contributed by atoms with Gasteiger partial charge in [-0.3, -0.25) is 9.59 Å². The van der Waals surface area contributed by atoms with Crippen molar-refractivity contribution in [2.24, 2.45) is 0 Å². The van der Waals surface area contributed by atoms with E-state index >= 15 is 0 Å². The summed E-state index contributed by atoms with van der Waals surface area (Å²) in [6, 6.07) is 4.88. The lowest BCUT2D eigenvalue weighted by atomic mass is 10.3. The van der Waals surface area contributed by atoms with Crippen molar-refractivity contribution in [2.45, 2.75) is 6.92 Å².